The predicted molar refractivity (Wildman–Crippen MR) is 94.2 cm³/mol. The van der Waals surface area contributed by atoms with Gasteiger partial charge in [0, 0.05) is 31.7 Å². The van der Waals surface area contributed by atoms with Crippen LogP contribution >= 0.6 is 0 Å². The molecule has 1 aliphatic heterocycles. The minimum absolute atomic E-state index is 0.0359. The summed E-state index contributed by atoms with van der Waals surface area (Å²) in [6, 6.07) is 4.29. The Labute approximate surface area is 140 Å². The van der Waals surface area contributed by atoms with Crippen LogP contribution in [0.25, 0.3) is 0 Å². The number of hydrogen-bond donors (Lipinski definition) is 1. The van der Waals surface area contributed by atoms with Gasteiger partial charge in [0.1, 0.15) is 0 Å². The van der Waals surface area contributed by atoms with Crippen LogP contribution in [0.5, 0.6) is 0 Å². The topological polar surface area (TPSA) is 41.6 Å². The second-order valence-electron chi connectivity index (χ2n) is 7.44. The van der Waals surface area contributed by atoms with Crippen molar-refractivity contribution in [1.82, 2.24) is 10.2 Å². The maximum absolute atomic E-state index is 12.5. The molecular weight excluding hydrogens is 288 g/mol. The molecule has 0 radical (unpaired) electrons. The number of carbonyl (C=O) groups is 1. The average molecular weight is 318 g/mol. The molecule has 1 N–H and O–H groups in total. The second kappa shape index (κ2) is 7.45. The van der Waals surface area contributed by atoms with Crippen molar-refractivity contribution >= 4 is 5.91 Å². The Kier molecular flexibility index (Phi) is 5.82. The Bertz CT molecular complexity index is 532. The molecule has 128 valence electrons. The van der Waals surface area contributed by atoms with Gasteiger partial charge in [0.25, 0.3) is 5.91 Å². The van der Waals surface area contributed by atoms with Gasteiger partial charge in [-0.2, -0.15) is 0 Å². The lowest BCUT2D eigenvalue weighted by Gasteiger charge is -2.26. The fourth-order valence-corrected chi connectivity index (χ4v) is 3.00. The van der Waals surface area contributed by atoms with Gasteiger partial charge in [-0.05, 0) is 36.0 Å². The Morgan fingerprint density at radius 3 is 2.26 bits per heavy atom. The van der Waals surface area contributed by atoms with Gasteiger partial charge in [0.2, 0.25) is 0 Å². The SMILES string of the molecule is Cc1cc(C(C)(C)C)cc(C)c1C(=O)NCCN1CCOCC1. The van der Waals surface area contributed by atoms with Crippen LogP contribution in [-0.2, 0) is 10.2 Å². The van der Waals surface area contributed by atoms with E-state index in [1.165, 1.54) is 5.56 Å². The minimum Gasteiger partial charge on any atom is -0.379 e. The molecule has 1 heterocycles. The van der Waals surface area contributed by atoms with Gasteiger partial charge in [-0.25, -0.2) is 0 Å². The fraction of sp³-hybridized carbons (Fsp3) is 0.632. The molecule has 4 heteroatoms. The van der Waals surface area contributed by atoms with Crippen LogP contribution < -0.4 is 5.32 Å². The van der Waals surface area contributed by atoms with Crippen molar-refractivity contribution in [2.24, 2.45) is 0 Å². The number of benzene rings is 1. The van der Waals surface area contributed by atoms with E-state index >= 15 is 0 Å². The molecular formula is C19H30N2O2. The normalized spacial score (nSPS) is 16.4. The quantitative estimate of drug-likeness (QED) is 0.928. The van der Waals surface area contributed by atoms with E-state index in [1.54, 1.807) is 0 Å². The Morgan fingerprint density at radius 1 is 1.17 bits per heavy atom. The standard InChI is InChI=1S/C19H30N2O2/c1-14-12-16(19(3,4)5)13-15(2)17(14)18(22)20-6-7-21-8-10-23-11-9-21/h12-13H,6-11H2,1-5H3,(H,20,22). The van der Waals surface area contributed by atoms with E-state index in [9.17, 15) is 4.79 Å². The molecule has 0 saturated carbocycles. The smallest absolute Gasteiger partial charge is 0.251 e. The molecule has 1 aromatic rings. The van der Waals surface area contributed by atoms with Gasteiger partial charge in [-0.3, -0.25) is 9.69 Å². The summed E-state index contributed by atoms with van der Waals surface area (Å²) in [5.74, 6) is 0.0359. The van der Waals surface area contributed by atoms with Crippen molar-refractivity contribution in [3.63, 3.8) is 0 Å². The van der Waals surface area contributed by atoms with Gasteiger partial charge in [0.15, 0.2) is 0 Å². The highest BCUT2D eigenvalue weighted by molar-refractivity contribution is 5.97. The van der Waals surface area contributed by atoms with Crippen molar-refractivity contribution in [2.75, 3.05) is 39.4 Å². The molecule has 0 aliphatic carbocycles. The number of amides is 1. The monoisotopic (exact) mass is 318 g/mol. The highest BCUT2D eigenvalue weighted by Gasteiger charge is 2.19. The number of nitrogens with zero attached hydrogens (tertiary/aromatic N) is 1. The van der Waals surface area contributed by atoms with E-state index in [0.717, 1.165) is 49.5 Å². The fourth-order valence-electron chi connectivity index (χ4n) is 3.00. The predicted octanol–water partition coefficient (Wildman–Crippen LogP) is 2.66. The summed E-state index contributed by atoms with van der Waals surface area (Å²) >= 11 is 0. The van der Waals surface area contributed by atoms with Crippen molar-refractivity contribution < 1.29 is 9.53 Å². The zero-order valence-electron chi connectivity index (χ0n) is 15.2. The third-order valence-electron chi connectivity index (χ3n) is 4.44. The maximum Gasteiger partial charge on any atom is 0.251 e. The molecule has 4 nitrogen and oxygen atoms in total. The van der Waals surface area contributed by atoms with Gasteiger partial charge in [0.05, 0.1) is 13.2 Å². The molecule has 1 aliphatic rings. The van der Waals surface area contributed by atoms with Crippen LogP contribution in [0.1, 0.15) is 47.8 Å². The van der Waals surface area contributed by atoms with Crippen LogP contribution in [0, 0.1) is 13.8 Å². The van der Waals surface area contributed by atoms with Crippen molar-refractivity contribution in [2.45, 2.75) is 40.0 Å². The minimum atomic E-state index is 0.0359. The molecule has 0 aromatic heterocycles. The van der Waals surface area contributed by atoms with Gasteiger partial charge >= 0.3 is 0 Å². The number of ether oxygens (including phenoxy) is 1. The van der Waals surface area contributed by atoms with E-state index < -0.39 is 0 Å². The van der Waals surface area contributed by atoms with Crippen molar-refractivity contribution in [3.05, 3.63) is 34.4 Å². The van der Waals surface area contributed by atoms with E-state index in [-0.39, 0.29) is 11.3 Å². The number of nitrogens with one attached hydrogen (secondary N) is 1. The Morgan fingerprint density at radius 2 is 1.74 bits per heavy atom. The maximum atomic E-state index is 12.5. The number of rotatable bonds is 4. The molecule has 0 atom stereocenters. The highest BCUT2D eigenvalue weighted by Crippen LogP contribution is 2.26. The Hall–Kier alpha value is -1.39. The lowest BCUT2D eigenvalue weighted by molar-refractivity contribution is 0.0383. The highest BCUT2D eigenvalue weighted by atomic mass is 16.5. The summed E-state index contributed by atoms with van der Waals surface area (Å²) in [4.78, 5) is 14.9. The summed E-state index contributed by atoms with van der Waals surface area (Å²) in [5.41, 5.74) is 4.30. The van der Waals surface area contributed by atoms with Crippen LogP contribution in [0.15, 0.2) is 12.1 Å². The van der Waals surface area contributed by atoms with Gasteiger partial charge in [-0.15, -0.1) is 0 Å². The van der Waals surface area contributed by atoms with E-state index in [2.05, 4.69) is 43.1 Å². The van der Waals surface area contributed by atoms with Crippen molar-refractivity contribution in [3.8, 4) is 0 Å². The number of hydrogen-bond acceptors (Lipinski definition) is 3. The summed E-state index contributed by atoms with van der Waals surface area (Å²) in [6.45, 7) is 15.7. The van der Waals surface area contributed by atoms with Gasteiger partial charge in [-0.1, -0.05) is 32.9 Å². The van der Waals surface area contributed by atoms with Crippen LogP contribution in [0.3, 0.4) is 0 Å². The van der Waals surface area contributed by atoms with Crippen molar-refractivity contribution in [1.29, 1.82) is 0 Å². The zero-order valence-corrected chi connectivity index (χ0v) is 15.2. The first-order chi connectivity index (χ1) is 10.8. The molecule has 0 unspecified atom stereocenters. The summed E-state index contributed by atoms with van der Waals surface area (Å²) in [7, 11) is 0. The first-order valence-corrected chi connectivity index (χ1v) is 8.49. The zero-order chi connectivity index (χ0) is 17.0. The second-order valence-corrected chi connectivity index (χ2v) is 7.44. The average Bonchev–Trinajstić information content (AvgIpc) is 2.46. The molecule has 1 fully saturated rings. The number of aryl methyl sites for hydroxylation is 2. The van der Waals surface area contributed by atoms with Crippen LogP contribution in [0.2, 0.25) is 0 Å². The number of morpholine rings is 1. The van der Waals surface area contributed by atoms with Gasteiger partial charge < -0.3 is 10.1 Å². The summed E-state index contributed by atoms with van der Waals surface area (Å²) < 4.78 is 5.34. The van der Waals surface area contributed by atoms with E-state index in [1.807, 2.05) is 13.8 Å². The first-order valence-electron chi connectivity index (χ1n) is 8.49. The molecule has 1 amide bonds. The third kappa shape index (κ3) is 4.79. The van der Waals surface area contributed by atoms with E-state index in [0.29, 0.717) is 6.54 Å². The molecule has 0 spiro atoms. The van der Waals surface area contributed by atoms with Crippen LogP contribution in [0.4, 0.5) is 0 Å². The molecule has 2 rings (SSSR count). The number of carbonyl (C=O) groups excluding carboxylic acids is 1. The summed E-state index contributed by atoms with van der Waals surface area (Å²) in [6.07, 6.45) is 0. The van der Waals surface area contributed by atoms with Crippen LogP contribution in [-0.4, -0.2) is 50.2 Å². The molecule has 1 saturated heterocycles. The summed E-state index contributed by atoms with van der Waals surface area (Å²) in [5, 5.41) is 3.06. The van der Waals surface area contributed by atoms with E-state index in [4.69, 9.17) is 4.74 Å². The first kappa shape index (κ1) is 18.0. The third-order valence-corrected chi connectivity index (χ3v) is 4.44. The molecule has 1 aromatic carbocycles. The largest absolute Gasteiger partial charge is 0.379 e. The molecule has 23 heavy (non-hydrogen) atoms. The lowest BCUT2D eigenvalue weighted by Crippen LogP contribution is -2.41. The lowest BCUT2D eigenvalue weighted by atomic mass is 9.83. The Balaban J connectivity index is 1.99. The molecule has 0 bridgehead atoms.